The normalized spacial score (nSPS) is 32.5. The Balaban J connectivity index is 1.95. The maximum absolute atomic E-state index is 12.5. The lowest BCUT2D eigenvalue weighted by molar-refractivity contribution is -0.147. The molecule has 0 spiro atoms. The Hall–Kier alpha value is -1.35. The van der Waals surface area contributed by atoms with Gasteiger partial charge in [0, 0.05) is 16.0 Å². The third-order valence-corrected chi connectivity index (χ3v) is 4.88. The highest BCUT2D eigenvalue weighted by atomic mass is 35.5. The molecule has 1 unspecified atom stereocenters. The van der Waals surface area contributed by atoms with Crippen LogP contribution < -0.4 is 0 Å². The molecule has 3 nitrogen and oxygen atoms in total. The summed E-state index contributed by atoms with van der Waals surface area (Å²) >= 11 is 5.90. The second-order valence-electron chi connectivity index (χ2n) is 6.93. The molecular weight excluding hydrogens is 274 g/mol. The number of rotatable bonds is 1. The van der Waals surface area contributed by atoms with Crippen LogP contribution in [0.2, 0.25) is 5.02 Å². The summed E-state index contributed by atoms with van der Waals surface area (Å²) < 4.78 is 0. The average molecular weight is 292 g/mol. The lowest BCUT2D eigenvalue weighted by atomic mass is 9.91. The number of amides is 2. The van der Waals surface area contributed by atoms with Gasteiger partial charge in [0.2, 0.25) is 11.8 Å². The van der Waals surface area contributed by atoms with E-state index >= 15 is 0 Å². The lowest BCUT2D eigenvalue weighted by Crippen LogP contribution is -2.49. The molecule has 2 fully saturated rings. The van der Waals surface area contributed by atoms with Gasteiger partial charge in [-0.05, 0) is 38.5 Å². The van der Waals surface area contributed by atoms with Crippen LogP contribution in [0.5, 0.6) is 0 Å². The Morgan fingerprint density at radius 1 is 1.05 bits per heavy atom. The van der Waals surface area contributed by atoms with E-state index in [4.69, 9.17) is 11.6 Å². The molecule has 4 heteroatoms. The van der Waals surface area contributed by atoms with Crippen LogP contribution >= 0.6 is 11.6 Å². The summed E-state index contributed by atoms with van der Waals surface area (Å²) in [5, 5.41) is 0.664. The zero-order valence-corrected chi connectivity index (χ0v) is 12.9. The number of hydrogen-bond donors (Lipinski definition) is 0. The molecule has 0 radical (unpaired) electrons. The van der Waals surface area contributed by atoms with Crippen molar-refractivity contribution in [1.29, 1.82) is 0 Å². The molecule has 20 heavy (non-hydrogen) atoms. The van der Waals surface area contributed by atoms with E-state index in [1.54, 1.807) is 0 Å². The largest absolute Gasteiger partial charge is 0.277 e. The van der Waals surface area contributed by atoms with E-state index < -0.39 is 5.54 Å². The summed E-state index contributed by atoms with van der Waals surface area (Å²) in [4.78, 5) is 26.5. The van der Waals surface area contributed by atoms with Crippen LogP contribution in [0, 0.1) is 11.8 Å². The summed E-state index contributed by atoms with van der Waals surface area (Å²) in [6.45, 7) is 7.69. The van der Waals surface area contributed by atoms with E-state index in [0.29, 0.717) is 5.02 Å². The van der Waals surface area contributed by atoms with Gasteiger partial charge in [0.15, 0.2) is 0 Å². The van der Waals surface area contributed by atoms with Crippen LogP contribution in [-0.2, 0) is 15.0 Å². The minimum Gasteiger partial charge on any atom is -0.277 e. The number of piperidine rings is 1. The molecule has 3 rings (SSSR count). The van der Waals surface area contributed by atoms with E-state index in [9.17, 15) is 9.59 Å². The zero-order chi connectivity index (χ0) is 14.9. The van der Waals surface area contributed by atoms with Gasteiger partial charge in [0.1, 0.15) is 0 Å². The van der Waals surface area contributed by atoms with Crippen molar-refractivity contribution >= 4 is 23.4 Å². The average Bonchev–Trinajstić information content (AvgIpc) is 2.85. The van der Waals surface area contributed by atoms with Crippen LogP contribution in [0.3, 0.4) is 0 Å². The highest BCUT2D eigenvalue weighted by Gasteiger charge is 2.76. The number of likely N-dealkylation sites (tertiary alicyclic amines) is 1. The molecule has 1 aliphatic heterocycles. The molecule has 0 N–H and O–H groups in total. The number of benzene rings is 1. The monoisotopic (exact) mass is 291 g/mol. The summed E-state index contributed by atoms with van der Waals surface area (Å²) in [7, 11) is 0. The first-order valence-electron chi connectivity index (χ1n) is 6.83. The molecule has 2 aliphatic rings. The van der Waals surface area contributed by atoms with Crippen LogP contribution in [0.4, 0.5) is 0 Å². The van der Waals surface area contributed by atoms with Crippen molar-refractivity contribution in [3.05, 3.63) is 34.9 Å². The van der Waals surface area contributed by atoms with Gasteiger partial charge in [-0.1, -0.05) is 30.7 Å². The molecule has 2 amide bonds. The second-order valence-corrected chi connectivity index (χ2v) is 7.36. The van der Waals surface area contributed by atoms with Gasteiger partial charge in [0.05, 0.1) is 11.8 Å². The quantitative estimate of drug-likeness (QED) is 0.746. The van der Waals surface area contributed by atoms with Crippen LogP contribution in [0.25, 0.3) is 0 Å². The van der Waals surface area contributed by atoms with Gasteiger partial charge >= 0.3 is 0 Å². The van der Waals surface area contributed by atoms with Gasteiger partial charge in [-0.15, -0.1) is 0 Å². The molecule has 0 bridgehead atoms. The third-order valence-electron chi connectivity index (χ3n) is 4.63. The van der Waals surface area contributed by atoms with Crippen molar-refractivity contribution in [3.8, 4) is 0 Å². The Morgan fingerprint density at radius 3 is 1.90 bits per heavy atom. The highest BCUT2D eigenvalue weighted by molar-refractivity contribution is 6.30. The topological polar surface area (TPSA) is 37.4 Å². The fourth-order valence-corrected chi connectivity index (χ4v) is 3.65. The maximum atomic E-state index is 12.5. The Bertz CT molecular complexity index is 578. The van der Waals surface area contributed by atoms with Gasteiger partial charge < -0.3 is 0 Å². The zero-order valence-electron chi connectivity index (χ0n) is 12.1. The fourth-order valence-electron chi connectivity index (χ4n) is 3.53. The fraction of sp³-hybridized carbons (Fsp3) is 0.500. The number of hydrogen-bond acceptors (Lipinski definition) is 2. The van der Waals surface area contributed by atoms with Gasteiger partial charge in [-0.2, -0.15) is 0 Å². The van der Waals surface area contributed by atoms with Gasteiger partial charge in [0.25, 0.3) is 0 Å². The van der Waals surface area contributed by atoms with E-state index in [2.05, 4.69) is 0 Å². The highest BCUT2D eigenvalue weighted by Crippen LogP contribution is 2.65. The number of carbonyl (C=O) groups excluding carboxylic acids is 2. The summed E-state index contributed by atoms with van der Waals surface area (Å²) in [5.74, 6) is -0.499. The minimum absolute atomic E-state index is 0.0371. The van der Waals surface area contributed by atoms with Crippen molar-refractivity contribution in [2.75, 3.05) is 0 Å². The molecule has 1 saturated heterocycles. The lowest BCUT2D eigenvalue weighted by Gasteiger charge is -2.33. The predicted octanol–water partition coefficient (Wildman–Crippen LogP) is 3.01. The van der Waals surface area contributed by atoms with Crippen molar-refractivity contribution < 1.29 is 9.59 Å². The van der Waals surface area contributed by atoms with Crippen molar-refractivity contribution in [3.63, 3.8) is 0 Å². The van der Waals surface area contributed by atoms with Crippen LogP contribution in [-0.4, -0.2) is 22.3 Å². The molecule has 1 heterocycles. The number of halogens is 1. The van der Waals surface area contributed by atoms with E-state index in [1.165, 1.54) is 4.90 Å². The predicted molar refractivity (Wildman–Crippen MR) is 77.4 cm³/mol. The summed E-state index contributed by atoms with van der Waals surface area (Å²) in [6, 6.07) is 7.46. The molecule has 1 aromatic rings. The molecule has 0 aromatic heterocycles. The first-order chi connectivity index (χ1) is 9.19. The molecular formula is C16H18ClNO2. The first kappa shape index (κ1) is 13.6. The van der Waals surface area contributed by atoms with Crippen molar-refractivity contribution in [1.82, 2.24) is 4.90 Å². The molecule has 1 saturated carbocycles. The van der Waals surface area contributed by atoms with Crippen molar-refractivity contribution in [2.24, 2.45) is 11.8 Å². The van der Waals surface area contributed by atoms with Crippen LogP contribution in [0.15, 0.2) is 24.3 Å². The number of fused-ring (bicyclic) bond motifs is 1. The minimum atomic E-state index is -0.442. The summed E-state index contributed by atoms with van der Waals surface area (Å²) in [5.41, 5.74) is 0.218. The molecule has 1 aromatic carbocycles. The van der Waals surface area contributed by atoms with Crippen molar-refractivity contribution in [2.45, 2.75) is 38.6 Å². The van der Waals surface area contributed by atoms with E-state index in [-0.39, 0.29) is 29.1 Å². The Labute approximate surface area is 123 Å². The molecule has 106 valence electrons. The molecule has 3 atom stereocenters. The number of carbonyl (C=O) groups is 2. The number of nitrogens with zero attached hydrogens (tertiary/aromatic N) is 1. The maximum Gasteiger partial charge on any atom is 0.234 e. The van der Waals surface area contributed by atoms with E-state index in [0.717, 1.165) is 5.56 Å². The Kier molecular flexibility index (Phi) is 2.62. The first-order valence-corrected chi connectivity index (χ1v) is 7.21. The smallest absolute Gasteiger partial charge is 0.234 e. The van der Waals surface area contributed by atoms with Gasteiger partial charge in [-0.3, -0.25) is 14.5 Å². The molecule has 1 aliphatic carbocycles. The third kappa shape index (κ3) is 1.59. The van der Waals surface area contributed by atoms with E-state index in [1.807, 2.05) is 52.0 Å². The SMILES string of the molecule is CC1(c2ccc(Cl)cc2)[C@@H]2C(=O)N(C(C)(C)C)C(=O)[C@@H]21. The second kappa shape index (κ2) is 3.85. The van der Waals surface area contributed by atoms with Crippen LogP contribution in [0.1, 0.15) is 33.3 Å². The van der Waals surface area contributed by atoms with Gasteiger partial charge in [-0.25, -0.2) is 0 Å². The summed E-state index contributed by atoms with van der Waals surface area (Å²) in [6.07, 6.45) is 0. The Morgan fingerprint density at radius 2 is 1.50 bits per heavy atom. The number of imide groups is 1. The standard InChI is InChI=1S/C16H18ClNO2/c1-15(2,3)18-13(19)11-12(14(18)20)16(11,4)9-5-7-10(17)8-6-9/h5-8,11-12H,1-4H3/t11-,12+,16?.